The number of carbonyl (C=O) groups excluding carboxylic acids is 2. The summed E-state index contributed by atoms with van der Waals surface area (Å²) in [6, 6.07) is 6.09. The minimum atomic E-state index is -1.02. The number of rotatable bonds is 6. The quantitative estimate of drug-likeness (QED) is 0.633. The largest absolute Gasteiger partial charge is 0.489 e. The van der Waals surface area contributed by atoms with Crippen molar-refractivity contribution in [3.05, 3.63) is 29.3 Å². The molecule has 2 aliphatic rings. The molecule has 0 amide bonds. The molecule has 1 aliphatic carbocycles. The molecule has 3 atom stereocenters. The minimum Gasteiger partial charge on any atom is -0.489 e. The van der Waals surface area contributed by atoms with Gasteiger partial charge in [-0.05, 0) is 37.7 Å². The van der Waals surface area contributed by atoms with Crippen molar-refractivity contribution in [2.75, 3.05) is 6.79 Å². The third kappa shape index (κ3) is 3.38. The van der Waals surface area contributed by atoms with Crippen molar-refractivity contribution in [2.45, 2.75) is 57.2 Å². The fraction of sp³-hybridized carbons (Fsp3) is 0.556. The Labute approximate surface area is 140 Å². The molecule has 1 aromatic carbocycles. The van der Waals surface area contributed by atoms with Crippen LogP contribution in [0.5, 0.6) is 5.75 Å². The summed E-state index contributed by atoms with van der Waals surface area (Å²) in [7, 11) is 0. The minimum absolute atomic E-state index is 0.268. The van der Waals surface area contributed by atoms with E-state index in [1.165, 1.54) is 18.9 Å². The highest BCUT2D eigenvalue weighted by atomic mass is 16.6. The highest BCUT2D eigenvalue weighted by Crippen LogP contribution is 2.48. The van der Waals surface area contributed by atoms with Crippen molar-refractivity contribution in [3.63, 3.8) is 0 Å². The Morgan fingerprint density at radius 2 is 2.21 bits per heavy atom. The second kappa shape index (κ2) is 7.21. The van der Waals surface area contributed by atoms with Gasteiger partial charge < -0.3 is 19.3 Å². The Balaban J connectivity index is 1.71. The van der Waals surface area contributed by atoms with Crippen LogP contribution in [0.4, 0.5) is 0 Å². The third-order valence-corrected chi connectivity index (χ3v) is 4.70. The molecular formula is C18H22O6. The number of ether oxygens (including phenoxy) is 3. The van der Waals surface area contributed by atoms with Gasteiger partial charge in [0.15, 0.2) is 12.9 Å². The molecule has 6 heteroatoms. The SMILES string of the molecule is CC(=O)OC(CCc1cccc2c1O[C@@H]1CCC[C@H]21)C(=O)OCO. The monoisotopic (exact) mass is 334 g/mol. The molecule has 1 aliphatic heterocycles. The van der Waals surface area contributed by atoms with Crippen LogP contribution in [0.2, 0.25) is 0 Å². The van der Waals surface area contributed by atoms with Crippen molar-refractivity contribution in [1.29, 1.82) is 0 Å². The Morgan fingerprint density at radius 3 is 2.96 bits per heavy atom. The van der Waals surface area contributed by atoms with Gasteiger partial charge in [0, 0.05) is 18.4 Å². The highest BCUT2D eigenvalue weighted by molar-refractivity contribution is 5.78. The van der Waals surface area contributed by atoms with E-state index in [1.807, 2.05) is 12.1 Å². The molecule has 1 saturated carbocycles. The van der Waals surface area contributed by atoms with Crippen LogP contribution in [0.15, 0.2) is 18.2 Å². The van der Waals surface area contributed by atoms with E-state index in [9.17, 15) is 9.59 Å². The van der Waals surface area contributed by atoms with Gasteiger partial charge in [0.05, 0.1) is 0 Å². The van der Waals surface area contributed by atoms with Crippen LogP contribution >= 0.6 is 0 Å². The topological polar surface area (TPSA) is 82.1 Å². The zero-order chi connectivity index (χ0) is 17.1. The summed E-state index contributed by atoms with van der Waals surface area (Å²) in [6.07, 6.45) is 3.49. The predicted molar refractivity (Wildman–Crippen MR) is 84.5 cm³/mol. The smallest absolute Gasteiger partial charge is 0.349 e. The average Bonchev–Trinajstić information content (AvgIpc) is 3.12. The molecule has 1 heterocycles. The van der Waals surface area contributed by atoms with Crippen molar-refractivity contribution < 1.29 is 28.9 Å². The highest BCUT2D eigenvalue weighted by Gasteiger charge is 2.39. The molecule has 0 bridgehead atoms. The molecule has 1 aromatic rings. The van der Waals surface area contributed by atoms with Gasteiger partial charge in [-0.2, -0.15) is 0 Å². The van der Waals surface area contributed by atoms with Gasteiger partial charge >= 0.3 is 11.9 Å². The van der Waals surface area contributed by atoms with E-state index >= 15 is 0 Å². The van der Waals surface area contributed by atoms with Crippen LogP contribution in [0.25, 0.3) is 0 Å². The van der Waals surface area contributed by atoms with E-state index in [0.29, 0.717) is 12.3 Å². The molecule has 0 aromatic heterocycles. The number of hydrogen-bond donors (Lipinski definition) is 1. The van der Waals surface area contributed by atoms with E-state index in [2.05, 4.69) is 10.8 Å². The van der Waals surface area contributed by atoms with Crippen LogP contribution in [0.3, 0.4) is 0 Å². The Bertz CT molecular complexity index is 626. The molecular weight excluding hydrogens is 312 g/mol. The number of aliphatic hydroxyl groups excluding tert-OH is 1. The first kappa shape index (κ1) is 16.8. The summed E-state index contributed by atoms with van der Waals surface area (Å²) in [5, 5.41) is 8.72. The van der Waals surface area contributed by atoms with Crippen LogP contribution in [-0.2, 0) is 25.5 Å². The molecule has 6 nitrogen and oxygen atoms in total. The molecule has 1 N–H and O–H groups in total. The Kier molecular flexibility index (Phi) is 5.04. The summed E-state index contributed by atoms with van der Waals surface area (Å²) >= 11 is 0. The first-order chi connectivity index (χ1) is 11.6. The molecule has 0 spiro atoms. The lowest BCUT2D eigenvalue weighted by Crippen LogP contribution is -2.29. The van der Waals surface area contributed by atoms with Gasteiger partial charge in [0.25, 0.3) is 0 Å². The average molecular weight is 334 g/mol. The Hall–Kier alpha value is -2.08. The zero-order valence-corrected chi connectivity index (χ0v) is 13.7. The van der Waals surface area contributed by atoms with E-state index in [4.69, 9.17) is 14.6 Å². The number of fused-ring (bicyclic) bond motifs is 3. The number of esters is 2. The number of aryl methyl sites for hydroxylation is 1. The van der Waals surface area contributed by atoms with Gasteiger partial charge in [-0.15, -0.1) is 0 Å². The standard InChI is InChI=1S/C18H22O6/c1-11(20)23-16(18(21)22-10-19)9-8-12-4-2-6-14-13-5-3-7-15(13)24-17(12)14/h2,4,6,13,15-16,19H,3,5,7-10H2,1H3/t13-,15-,16?/m1/s1. The number of benzene rings is 1. The zero-order valence-electron chi connectivity index (χ0n) is 13.7. The van der Waals surface area contributed by atoms with Crippen LogP contribution in [-0.4, -0.2) is 36.0 Å². The maximum Gasteiger partial charge on any atom is 0.349 e. The van der Waals surface area contributed by atoms with Crippen LogP contribution in [0, 0.1) is 0 Å². The molecule has 130 valence electrons. The van der Waals surface area contributed by atoms with E-state index in [0.717, 1.165) is 24.2 Å². The lowest BCUT2D eigenvalue weighted by molar-refractivity contribution is -0.172. The van der Waals surface area contributed by atoms with Crippen LogP contribution < -0.4 is 4.74 Å². The fourth-order valence-electron chi connectivity index (χ4n) is 3.68. The number of carbonyl (C=O) groups is 2. The van der Waals surface area contributed by atoms with Crippen molar-refractivity contribution >= 4 is 11.9 Å². The van der Waals surface area contributed by atoms with E-state index < -0.39 is 24.8 Å². The summed E-state index contributed by atoms with van der Waals surface area (Å²) in [5.74, 6) is 0.102. The first-order valence-electron chi connectivity index (χ1n) is 8.33. The lowest BCUT2D eigenvalue weighted by atomic mass is 9.94. The number of hydrogen-bond acceptors (Lipinski definition) is 6. The molecule has 3 rings (SSSR count). The predicted octanol–water partition coefficient (Wildman–Crippen LogP) is 2.07. The van der Waals surface area contributed by atoms with Gasteiger partial charge in [0.2, 0.25) is 0 Å². The second-order valence-electron chi connectivity index (χ2n) is 6.26. The van der Waals surface area contributed by atoms with Gasteiger partial charge in [-0.3, -0.25) is 4.79 Å². The molecule has 24 heavy (non-hydrogen) atoms. The molecule has 0 radical (unpaired) electrons. The van der Waals surface area contributed by atoms with Crippen LogP contribution in [0.1, 0.15) is 49.7 Å². The number of aliphatic hydroxyl groups is 1. The summed E-state index contributed by atoms with van der Waals surface area (Å²) in [4.78, 5) is 23.0. The summed E-state index contributed by atoms with van der Waals surface area (Å²) in [6.45, 7) is 0.507. The van der Waals surface area contributed by atoms with Crippen molar-refractivity contribution in [1.82, 2.24) is 0 Å². The van der Waals surface area contributed by atoms with Gasteiger partial charge in [0.1, 0.15) is 11.9 Å². The van der Waals surface area contributed by atoms with E-state index in [-0.39, 0.29) is 12.5 Å². The summed E-state index contributed by atoms with van der Waals surface area (Å²) in [5.41, 5.74) is 2.26. The van der Waals surface area contributed by atoms with Gasteiger partial charge in [-0.25, -0.2) is 4.79 Å². The van der Waals surface area contributed by atoms with E-state index in [1.54, 1.807) is 0 Å². The second-order valence-corrected chi connectivity index (χ2v) is 6.26. The lowest BCUT2D eigenvalue weighted by Gasteiger charge is -2.16. The van der Waals surface area contributed by atoms with Crippen molar-refractivity contribution in [3.8, 4) is 5.75 Å². The maximum absolute atomic E-state index is 11.8. The Morgan fingerprint density at radius 1 is 1.38 bits per heavy atom. The first-order valence-corrected chi connectivity index (χ1v) is 8.33. The molecule has 0 saturated heterocycles. The number of para-hydroxylation sites is 1. The van der Waals surface area contributed by atoms with Gasteiger partial charge in [-0.1, -0.05) is 18.2 Å². The third-order valence-electron chi connectivity index (χ3n) is 4.70. The molecule has 1 fully saturated rings. The fourth-order valence-corrected chi connectivity index (χ4v) is 3.68. The molecule has 1 unspecified atom stereocenters. The normalized spacial score (nSPS) is 22.2. The van der Waals surface area contributed by atoms with Crippen molar-refractivity contribution in [2.24, 2.45) is 0 Å². The summed E-state index contributed by atoms with van der Waals surface area (Å²) < 4.78 is 15.7. The maximum atomic E-state index is 11.8.